The van der Waals surface area contributed by atoms with E-state index in [9.17, 15) is 5.11 Å². The van der Waals surface area contributed by atoms with Crippen molar-refractivity contribution in [1.82, 2.24) is 0 Å². The van der Waals surface area contributed by atoms with Gasteiger partial charge in [0.2, 0.25) is 0 Å². The molecule has 0 aliphatic heterocycles. The Morgan fingerprint density at radius 3 is 2.36 bits per heavy atom. The van der Waals surface area contributed by atoms with Gasteiger partial charge in [0.05, 0.1) is 5.22 Å². The number of allylic oxidation sites excluding steroid dienone is 1. The molecular formula is C12H16OSi. The molecule has 2 heteroatoms. The van der Waals surface area contributed by atoms with Crippen molar-refractivity contribution in [2.75, 3.05) is 0 Å². The highest BCUT2D eigenvalue weighted by Gasteiger charge is 2.21. The monoisotopic (exact) mass is 204 g/mol. The molecule has 0 spiro atoms. The van der Waals surface area contributed by atoms with E-state index in [2.05, 4.69) is 5.70 Å². The minimum Gasteiger partial charge on any atom is -0.389 e. The smallest absolute Gasteiger partial charge is 0.119 e. The molecule has 0 saturated heterocycles. The maximum absolute atomic E-state index is 10.2. The summed E-state index contributed by atoms with van der Waals surface area (Å²) < 4.78 is 0. The number of benzene rings is 1. The Morgan fingerprint density at radius 2 is 1.86 bits per heavy atom. The Balaban J connectivity index is 2.81. The number of aliphatic hydroxyl groups is 1. The zero-order chi connectivity index (χ0) is 10.6. The van der Waals surface area contributed by atoms with Crippen molar-refractivity contribution in [3.8, 4) is 0 Å². The normalized spacial score (nSPS) is 14.6. The topological polar surface area (TPSA) is 20.2 Å². The van der Waals surface area contributed by atoms with E-state index >= 15 is 0 Å². The molecule has 0 aliphatic rings. The molecule has 1 atom stereocenters. The SMILES string of the molecule is CC(C)=C[Si]C(C)(O)c1ccccc1. The summed E-state index contributed by atoms with van der Waals surface area (Å²) in [6.45, 7) is 5.96. The van der Waals surface area contributed by atoms with Gasteiger partial charge in [0.25, 0.3) is 0 Å². The van der Waals surface area contributed by atoms with Crippen LogP contribution in [0.15, 0.2) is 41.6 Å². The quantitative estimate of drug-likeness (QED) is 0.750. The van der Waals surface area contributed by atoms with Gasteiger partial charge in [-0.3, -0.25) is 0 Å². The summed E-state index contributed by atoms with van der Waals surface area (Å²) in [6, 6.07) is 9.80. The van der Waals surface area contributed by atoms with Gasteiger partial charge in [0.15, 0.2) is 0 Å². The fourth-order valence-corrected chi connectivity index (χ4v) is 2.03. The molecule has 1 aromatic carbocycles. The van der Waals surface area contributed by atoms with Crippen LogP contribution in [-0.2, 0) is 5.22 Å². The molecule has 74 valence electrons. The minimum atomic E-state index is -0.724. The zero-order valence-corrected chi connectivity index (χ0v) is 9.91. The van der Waals surface area contributed by atoms with E-state index in [1.807, 2.05) is 51.1 Å². The van der Waals surface area contributed by atoms with E-state index < -0.39 is 5.22 Å². The van der Waals surface area contributed by atoms with Gasteiger partial charge in [-0.1, -0.05) is 41.6 Å². The third-order valence-electron chi connectivity index (χ3n) is 1.98. The van der Waals surface area contributed by atoms with Crippen LogP contribution < -0.4 is 0 Å². The largest absolute Gasteiger partial charge is 0.389 e. The molecule has 0 heterocycles. The summed E-state index contributed by atoms with van der Waals surface area (Å²) in [5.41, 5.74) is 4.32. The number of hydrogen-bond donors (Lipinski definition) is 1. The Morgan fingerprint density at radius 1 is 1.29 bits per heavy atom. The van der Waals surface area contributed by atoms with E-state index in [-0.39, 0.29) is 0 Å². The summed E-state index contributed by atoms with van der Waals surface area (Å²) >= 11 is 0. The van der Waals surface area contributed by atoms with E-state index in [1.54, 1.807) is 0 Å². The lowest BCUT2D eigenvalue weighted by Crippen LogP contribution is -2.28. The first kappa shape index (κ1) is 11.2. The van der Waals surface area contributed by atoms with E-state index in [4.69, 9.17) is 0 Å². The van der Waals surface area contributed by atoms with Crippen LogP contribution in [0.1, 0.15) is 26.3 Å². The lowest BCUT2D eigenvalue weighted by atomic mass is 10.1. The lowest BCUT2D eigenvalue weighted by molar-refractivity contribution is 0.146. The van der Waals surface area contributed by atoms with Gasteiger partial charge in [-0.15, -0.1) is 0 Å². The molecule has 14 heavy (non-hydrogen) atoms. The maximum atomic E-state index is 10.2. The van der Waals surface area contributed by atoms with Crippen molar-refractivity contribution < 1.29 is 5.11 Å². The van der Waals surface area contributed by atoms with Gasteiger partial charge < -0.3 is 5.11 Å². The molecule has 1 aromatic rings. The fourth-order valence-electron chi connectivity index (χ4n) is 1.13. The van der Waals surface area contributed by atoms with Gasteiger partial charge >= 0.3 is 0 Å². The van der Waals surface area contributed by atoms with Crippen LogP contribution in [0.5, 0.6) is 0 Å². The second-order valence-electron chi connectivity index (χ2n) is 3.80. The summed E-state index contributed by atoms with van der Waals surface area (Å²) in [6.07, 6.45) is 0. The highest BCUT2D eigenvalue weighted by molar-refractivity contribution is 6.45. The van der Waals surface area contributed by atoms with Crippen LogP contribution in [0.4, 0.5) is 0 Å². The van der Waals surface area contributed by atoms with Gasteiger partial charge in [-0.2, -0.15) is 0 Å². The Hall–Kier alpha value is -0.863. The van der Waals surface area contributed by atoms with Crippen LogP contribution in [0.3, 0.4) is 0 Å². The Labute approximate surface area is 88.3 Å². The molecule has 0 saturated carbocycles. The highest BCUT2D eigenvalue weighted by atomic mass is 28.2. The van der Waals surface area contributed by atoms with Crippen molar-refractivity contribution >= 4 is 9.52 Å². The Bertz CT molecular complexity index is 310. The van der Waals surface area contributed by atoms with Gasteiger partial charge in [0.1, 0.15) is 9.52 Å². The van der Waals surface area contributed by atoms with Crippen LogP contribution in [0, 0.1) is 0 Å². The molecule has 1 nitrogen and oxygen atoms in total. The first-order valence-corrected chi connectivity index (χ1v) is 5.79. The second-order valence-corrected chi connectivity index (χ2v) is 5.36. The first-order chi connectivity index (χ1) is 6.52. The molecule has 0 bridgehead atoms. The predicted octanol–water partition coefficient (Wildman–Crippen LogP) is 2.48. The van der Waals surface area contributed by atoms with Gasteiger partial charge in [0, 0.05) is 0 Å². The standard InChI is InChI=1S/C12H16OSi/c1-10(2)9-14-12(3,13)11-7-5-4-6-8-11/h4-9,13H,1-3H3. The molecule has 2 radical (unpaired) electrons. The number of hydrogen-bond acceptors (Lipinski definition) is 1. The summed E-state index contributed by atoms with van der Waals surface area (Å²) in [5, 5.41) is 9.48. The van der Waals surface area contributed by atoms with Crippen molar-refractivity contribution in [2.45, 2.75) is 26.0 Å². The van der Waals surface area contributed by atoms with Crippen LogP contribution in [0.25, 0.3) is 0 Å². The lowest BCUT2D eigenvalue weighted by Gasteiger charge is -2.21. The molecule has 0 fully saturated rings. The number of rotatable bonds is 3. The summed E-state index contributed by atoms with van der Waals surface area (Å²) in [5.74, 6) is 0. The van der Waals surface area contributed by atoms with Crippen LogP contribution in [-0.4, -0.2) is 14.6 Å². The minimum absolute atomic E-state index is 0.410. The van der Waals surface area contributed by atoms with E-state index in [1.165, 1.54) is 5.57 Å². The van der Waals surface area contributed by atoms with Crippen molar-refractivity contribution in [3.63, 3.8) is 0 Å². The molecule has 1 unspecified atom stereocenters. The third-order valence-corrected chi connectivity index (χ3v) is 3.55. The molecular weight excluding hydrogens is 188 g/mol. The molecule has 0 amide bonds. The highest BCUT2D eigenvalue weighted by Crippen LogP contribution is 2.19. The van der Waals surface area contributed by atoms with E-state index in [0.717, 1.165) is 5.56 Å². The first-order valence-electron chi connectivity index (χ1n) is 4.71. The predicted molar refractivity (Wildman–Crippen MR) is 61.2 cm³/mol. The third kappa shape index (κ3) is 3.12. The average molecular weight is 204 g/mol. The van der Waals surface area contributed by atoms with E-state index in [0.29, 0.717) is 9.52 Å². The zero-order valence-electron chi connectivity index (χ0n) is 8.91. The van der Waals surface area contributed by atoms with Crippen LogP contribution in [0.2, 0.25) is 0 Å². The summed E-state index contributed by atoms with van der Waals surface area (Å²) in [7, 11) is 0.410. The second kappa shape index (κ2) is 4.58. The van der Waals surface area contributed by atoms with Crippen LogP contribution >= 0.6 is 0 Å². The molecule has 1 N–H and O–H groups in total. The molecule has 0 aliphatic carbocycles. The van der Waals surface area contributed by atoms with Crippen molar-refractivity contribution in [1.29, 1.82) is 0 Å². The van der Waals surface area contributed by atoms with Crippen molar-refractivity contribution in [2.24, 2.45) is 0 Å². The average Bonchev–Trinajstić information content (AvgIpc) is 2.16. The van der Waals surface area contributed by atoms with Gasteiger partial charge in [-0.25, -0.2) is 0 Å². The molecule has 1 rings (SSSR count). The maximum Gasteiger partial charge on any atom is 0.119 e. The summed E-state index contributed by atoms with van der Waals surface area (Å²) in [4.78, 5) is 0. The Kier molecular flexibility index (Phi) is 3.67. The van der Waals surface area contributed by atoms with Gasteiger partial charge in [-0.05, 0) is 26.3 Å². The fraction of sp³-hybridized carbons (Fsp3) is 0.333. The molecule has 0 aromatic heterocycles. The van der Waals surface area contributed by atoms with Crippen molar-refractivity contribution in [3.05, 3.63) is 47.2 Å².